The number of imide groups is 1. The third-order valence-corrected chi connectivity index (χ3v) is 4.46. The summed E-state index contributed by atoms with van der Waals surface area (Å²) in [6.07, 6.45) is 0. The fraction of sp³-hybridized carbons (Fsp3) is 0.176. The minimum Gasteiger partial charge on any atom is -0.271 e. The van der Waals surface area contributed by atoms with Gasteiger partial charge in [-0.15, -0.1) is 0 Å². The van der Waals surface area contributed by atoms with Crippen molar-refractivity contribution in [1.29, 1.82) is 0 Å². The molecule has 0 unspecified atom stereocenters. The summed E-state index contributed by atoms with van der Waals surface area (Å²) in [6, 6.07) is 14.9. The molecule has 2 amide bonds. The van der Waals surface area contributed by atoms with E-state index in [-0.39, 0.29) is 5.91 Å². The summed E-state index contributed by atoms with van der Waals surface area (Å²) in [7, 11) is 0. The minimum absolute atomic E-state index is 0.348. The van der Waals surface area contributed by atoms with Crippen LogP contribution < -0.4 is 4.90 Å². The van der Waals surface area contributed by atoms with E-state index in [1.165, 1.54) is 0 Å². The Morgan fingerprint density at radius 2 is 1.67 bits per heavy atom. The predicted molar refractivity (Wildman–Crippen MR) is 88.4 cm³/mol. The number of halogens is 1. The second kappa shape index (κ2) is 5.72. The van der Waals surface area contributed by atoms with E-state index in [1.54, 1.807) is 29.3 Å². The Morgan fingerprint density at radius 1 is 0.958 bits per heavy atom. The Morgan fingerprint density at radius 3 is 2.42 bits per heavy atom. The van der Waals surface area contributed by atoms with Gasteiger partial charge in [0.15, 0.2) is 12.1 Å². The summed E-state index contributed by atoms with van der Waals surface area (Å²) in [5.41, 5.74) is 1.38. The fourth-order valence-corrected chi connectivity index (χ4v) is 3.22. The second-order valence-corrected chi connectivity index (χ2v) is 6.05. The largest absolute Gasteiger partial charge is 0.271 e. The molecule has 0 aromatic heterocycles. The van der Waals surface area contributed by atoms with Crippen LogP contribution in [0, 0.1) is 0 Å². The highest BCUT2D eigenvalue weighted by Crippen LogP contribution is 2.35. The molecule has 0 aliphatic carbocycles. The van der Waals surface area contributed by atoms with E-state index < -0.39 is 18.0 Å². The molecule has 1 saturated heterocycles. The number of nitrogens with zero attached hydrogens (tertiary/aromatic N) is 4. The molecule has 0 saturated carbocycles. The molecule has 2 atom stereocenters. The van der Waals surface area contributed by atoms with Gasteiger partial charge in [0.1, 0.15) is 0 Å². The molecule has 6 nitrogen and oxygen atoms in total. The Balaban J connectivity index is 1.64. The van der Waals surface area contributed by atoms with Crippen LogP contribution in [0.5, 0.6) is 0 Å². The van der Waals surface area contributed by atoms with Crippen molar-refractivity contribution in [2.24, 2.45) is 10.3 Å². The van der Waals surface area contributed by atoms with Crippen molar-refractivity contribution >= 4 is 29.1 Å². The van der Waals surface area contributed by atoms with Crippen molar-refractivity contribution in [3.05, 3.63) is 65.2 Å². The van der Waals surface area contributed by atoms with Gasteiger partial charge in [0, 0.05) is 0 Å². The molecule has 4 rings (SSSR count). The Hall–Kier alpha value is -2.73. The molecule has 0 spiro atoms. The summed E-state index contributed by atoms with van der Waals surface area (Å²) in [4.78, 5) is 26.6. The van der Waals surface area contributed by atoms with E-state index in [0.717, 1.165) is 10.5 Å². The number of benzene rings is 2. The van der Waals surface area contributed by atoms with Gasteiger partial charge in [0.2, 0.25) is 0 Å². The van der Waals surface area contributed by atoms with E-state index in [2.05, 4.69) is 10.3 Å². The zero-order valence-electron chi connectivity index (χ0n) is 12.5. The average Bonchev–Trinajstić information content (AvgIpc) is 3.10. The number of carbonyl (C=O) groups excluding carboxylic acids is 2. The molecule has 7 heteroatoms. The summed E-state index contributed by atoms with van der Waals surface area (Å²) in [6.45, 7) is 0.418. The molecule has 24 heavy (non-hydrogen) atoms. The number of para-hydroxylation sites is 1. The van der Waals surface area contributed by atoms with E-state index in [4.69, 9.17) is 11.6 Å². The lowest BCUT2D eigenvalue weighted by Gasteiger charge is -2.21. The second-order valence-electron chi connectivity index (χ2n) is 5.64. The van der Waals surface area contributed by atoms with Crippen LogP contribution in [-0.2, 0) is 16.1 Å². The van der Waals surface area contributed by atoms with Gasteiger partial charge in [0.25, 0.3) is 11.8 Å². The Bertz CT molecular complexity index is 839. The van der Waals surface area contributed by atoms with Crippen molar-refractivity contribution < 1.29 is 9.59 Å². The van der Waals surface area contributed by atoms with Gasteiger partial charge >= 0.3 is 0 Å². The molecule has 2 aliphatic rings. The summed E-state index contributed by atoms with van der Waals surface area (Å²) >= 11 is 6.14. The maximum atomic E-state index is 12.8. The van der Waals surface area contributed by atoms with Gasteiger partial charge in [-0.25, -0.2) is 4.90 Å². The first kappa shape index (κ1) is 14.8. The zero-order valence-corrected chi connectivity index (χ0v) is 13.3. The number of carbonyl (C=O) groups is 2. The lowest BCUT2D eigenvalue weighted by molar-refractivity contribution is -0.123. The zero-order chi connectivity index (χ0) is 16.7. The van der Waals surface area contributed by atoms with Gasteiger partial charge in [0.05, 0.1) is 17.3 Å². The minimum atomic E-state index is -0.808. The predicted octanol–water partition coefficient (Wildman–Crippen LogP) is 2.83. The Kier molecular flexibility index (Phi) is 3.54. The summed E-state index contributed by atoms with van der Waals surface area (Å²) < 4.78 is 0. The number of amides is 2. The van der Waals surface area contributed by atoms with Crippen molar-refractivity contribution in [1.82, 2.24) is 5.01 Å². The maximum absolute atomic E-state index is 12.8. The van der Waals surface area contributed by atoms with Crippen LogP contribution in [0.15, 0.2) is 64.9 Å². The summed E-state index contributed by atoms with van der Waals surface area (Å²) in [5, 5.41) is 9.95. The van der Waals surface area contributed by atoms with Crippen molar-refractivity contribution in [3.8, 4) is 0 Å². The molecule has 0 bridgehead atoms. The van der Waals surface area contributed by atoms with Gasteiger partial charge < -0.3 is 0 Å². The van der Waals surface area contributed by atoms with Crippen LogP contribution >= 0.6 is 11.6 Å². The van der Waals surface area contributed by atoms with Crippen molar-refractivity contribution in [3.63, 3.8) is 0 Å². The molecule has 120 valence electrons. The van der Waals surface area contributed by atoms with Gasteiger partial charge in [-0.05, 0) is 17.7 Å². The van der Waals surface area contributed by atoms with Crippen LogP contribution in [0.1, 0.15) is 5.56 Å². The van der Waals surface area contributed by atoms with E-state index >= 15 is 0 Å². The molecule has 2 aliphatic heterocycles. The van der Waals surface area contributed by atoms with E-state index in [0.29, 0.717) is 17.3 Å². The number of rotatable bonds is 3. The van der Waals surface area contributed by atoms with Crippen LogP contribution in [0.2, 0.25) is 5.02 Å². The smallest absolute Gasteiger partial charge is 0.263 e. The van der Waals surface area contributed by atoms with Crippen LogP contribution in [0.4, 0.5) is 5.69 Å². The highest BCUT2D eigenvalue weighted by Gasteiger charge is 2.55. The molecule has 0 radical (unpaired) electrons. The first-order chi connectivity index (χ1) is 11.7. The molecular weight excluding hydrogens is 328 g/mol. The lowest BCUT2D eigenvalue weighted by atomic mass is 10.1. The molecular formula is C17H13ClN4O2. The van der Waals surface area contributed by atoms with Crippen LogP contribution in [0.3, 0.4) is 0 Å². The SMILES string of the molecule is O=C1[C@@H]2[C@@H](N=NN2Cc2ccccc2)C(=O)N1c1ccccc1Cl. The first-order valence-corrected chi connectivity index (χ1v) is 7.88. The number of anilines is 1. The number of hydrogen-bond acceptors (Lipinski definition) is 5. The highest BCUT2D eigenvalue weighted by molar-refractivity contribution is 6.36. The lowest BCUT2D eigenvalue weighted by Crippen LogP contribution is -2.39. The quantitative estimate of drug-likeness (QED) is 0.807. The van der Waals surface area contributed by atoms with Gasteiger partial charge in [-0.2, -0.15) is 5.11 Å². The van der Waals surface area contributed by atoms with Crippen LogP contribution in [0.25, 0.3) is 0 Å². The normalized spacial score (nSPS) is 22.4. The monoisotopic (exact) mass is 340 g/mol. The van der Waals surface area contributed by atoms with Crippen molar-refractivity contribution in [2.75, 3.05) is 4.90 Å². The number of hydrogen-bond donors (Lipinski definition) is 0. The average molecular weight is 341 g/mol. The van der Waals surface area contributed by atoms with Gasteiger partial charge in [-0.1, -0.05) is 59.3 Å². The molecule has 0 N–H and O–H groups in total. The van der Waals surface area contributed by atoms with E-state index in [9.17, 15) is 9.59 Å². The number of fused-ring (bicyclic) bond motifs is 1. The first-order valence-electron chi connectivity index (χ1n) is 7.50. The standard InChI is InChI=1S/C17H13ClN4O2/c18-12-8-4-5-9-13(12)22-16(23)14-15(17(22)24)21(20-19-14)10-11-6-2-1-3-7-11/h1-9,14-15H,10H2/t14-,15+/m1/s1. The third kappa shape index (κ3) is 2.27. The molecule has 1 fully saturated rings. The Labute approximate surface area is 143 Å². The third-order valence-electron chi connectivity index (χ3n) is 4.14. The van der Waals surface area contributed by atoms with E-state index in [1.807, 2.05) is 30.3 Å². The maximum Gasteiger partial charge on any atom is 0.263 e. The van der Waals surface area contributed by atoms with Gasteiger partial charge in [-0.3, -0.25) is 14.6 Å². The molecule has 2 aromatic carbocycles. The molecule has 2 aromatic rings. The fourth-order valence-electron chi connectivity index (χ4n) is 2.99. The molecule has 2 heterocycles. The van der Waals surface area contributed by atoms with Crippen molar-refractivity contribution in [2.45, 2.75) is 18.6 Å². The highest BCUT2D eigenvalue weighted by atomic mass is 35.5. The van der Waals surface area contributed by atoms with Crippen LogP contribution in [-0.4, -0.2) is 28.9 Å². The topological polar surface area (TPSA) is 65.3 Å². The summed E-state index contributed by atoms with van der Waals surface area (Å²) in [5.74, 6) is -0.739.